The first-order valence-electron chi connectivity index (χ1n) is 4.47. The molecule has 0 bridgehead atoms. The topological polar surface area (TPSA) is 78.6 Å². The van der Waals surface area contributed by atoms with Crippen molar-refractivity contribution in [2.45, 2.75) is 13.8 Å². The highest BCUT2D eigenvalue weighted by molar-refractivity contribution is 5.87. The summed E-state index contributed by atoms with van der Waals surface area (Å²) in [7, 11) is 2.79. The van der Waals surface area contributed by atoms with Gasteiger partial charge in [-0.1, -0.05) is 6.58 Å². The monoisotopic (exact) mass is 217 g/mol. The Morgan fingerprint density at radius 2 is 1.87 bits per heavy atom. The largest absolute Gasteiger partial charge is 0.469 e. The van der Waals surface area contributed by atoms with E-state index in [1.54, 1.807) is 13.8 Å². The third kappa shape index (κ3) is 7.69. The zero-order valence-electron chi connectivity index (χ0n) is 9.70. The fourth-order valence-electron chi connectivity index (χ4n) is 0.593. The third-order valence-corrected chi connectivity index (χ3v) is 1.42. The molecule has 0 saturated carbocycles. The van der Waals surface area contributed by atoms with E-state index in [1.807, 2.05) is 0 Å². The molecule has 0 heterocycles. The van der Waals surface area contributed by atoms with Crippen LogP contribution in [0.5, 0.6) is 0 Å². The minimum absolute atomic E-state index is 0.0262. The van der Waals surface area contributed by atoms with Crippen LogP contribution in [0.1, 0.15) is 13.8 Å². The number of carbonyl (C=O) groups is 2. The molecule has 0 fully saturated rings. The Bertz CT molecular complexity index is 225. The van der Waals surface area contributed by atoms with E-state index in [9.17, 15) is 9.59 Å². The number of esters is 2. The zero-order chi connectivity index (χ0) is 12.4. The summed E-state index contributed by atoms with van der Waals surface area (Å²) in [6, 6.07) is 0. The van der Waals surface area contributed by atoms with E-state index in [-0.39, 0.29) is 6.61 Å². The van der Waals surface area contributed by atoms with Crippen molar-refractivity contribution < 1.29 is 19.1 Å². The van der Waals surface area contributed by atoms with Crippen LogP contribution in [0.2, 0.25) is 0 Å². The van der Waals surface area contributed by atoms with E-state index >= 15 is 0 Å². The van der Waals surface area contributed by atoms with Gasteiger partial charge in [0.2, 0.25) is 0 Å². The normalized spacial score (nSPS) is 10.5. The molecule has 15 heavy (non-hydrogen) atoms. The second-order valence-corrected chi connectivity index (χ2v) is 2.80. The van der Waals surface area contributed by atoms with Gasteiger partial charge in [-0.05, 0) is 20.9 Å². The predicted molar refractivity (Wildman–Crippen MR) is 57.1 cm³/mol. The van der Waals surface area contributed by atoms with Crippen molar-refractivity contribution in [1.82, 2.24) is 0 Å². The number of methoxy groups -OCH3 is 1. The number of carbonyl (C=O) groups excluding carboxylic acids is 2. The van der Waals surface area contributed by atoms with Crippen molar-refractivity contribution in [3.05, 3.63) is 12.2 Å². The van der Waals surface area contributed by atoms with Gasteiger partial charge in [0.1, 0.15) is 6.61 Å². The Kier molecular flexibility index (Phi) is 9.87. The molecule has 0 aliphatic heterocycles. The van der Waals surface area contributed by atoms with Gasteiger partial charge in [0.15, 0.2) is 0 Å². The molecule has 0 rings (SSSR count). The summed E-state index contributed by atoms with van der Waals surface area (Å²) in [4.78, 5) is 21.7. The summed E-state index contributed by atoms with van der Waals surface area (Å²) < 4.78 is 9.20. The molecule has 1 atom stereocenters. The van der Waals surface area contributed by atoms with Crippen LogP contribution < -0.4 is 5.73 Å². The van der Waals surface area contributed by atoms with Gasteiger partial charge in [-0.3, -0.25) is 4.79 Å². The van der Waals surface area contributed by atoms with Crippen LogP contribution in [0.25, 0.3) is 0 Å². The first kappa shape index (κ1) is 16.1. The molecule has 5 nitrogen and oxygen atoms in total. The molecule has 0 aromatic heterocycles. The lowest BCUT2D eigenvalue weighted by Gasteiger charge is -2.09. The minimum atomic E-state index is -0.490. The maximum atomic E-state index is 10.9. The average Bonchev–Trinajstić information content (AvgIpc) is 2.26. The number of nitrogens with two attached hydrogens (primary N) is 1. The van der Waals surface area contributed by atoms with E-state index in [0.29, 0.717) is 5.57 Å². The molecular weight excluding hydrogens is 198 g/mol. The van der Waals surface area contributed by atoms with E-state index in [4.69, 9.17) is 4.74 Å². The SMILES string of the molecule is C=C(C)C(=O)OCC(C)C(=O)OC.CN. The number of rotatable bonds is 4. The Hall–Kier alpha value is -1.36. The smallest absolute Gasteiger partial charge is 0.333 e. The van der Waals surface area contributed by atoms with Crippen LogP contribution in [-0.2, 0) is 19.1 Å². The average molecular weight is 217 g/mol. The van der Waals surface area contributed by atoms with Gasteiger partial charge < -0.3 is 15.2 Å². The van der Waals surface area contributed by atoms with Crippen molar-refractivity contribution in [3.8, 4) is 0 Å². The van der Waals surface area contributed by atoms with Crippen LogP contribution in [0.4, 0.5) is 0 Å². The lowest BCUT2D eigenvalue weighted by atomic mass is 10.2. The summed E-state index contributed by atoms with van der Waals surface area (Å²) in [5.41, 5.74) is 4.82. The molecular formula is C10H19NO4. The minimum Gasteiger partial charge on any atom is -0.469 e. The second-order valence-electron chi connectivity index (χ2n) is 2.80. The quantitative estimate of drug-likeness (QED) is 0.547. The van der Waals surface area contributed by atoms with Crippen molar-refractivity contribution in [3.63, 3.8) is 0 Å². The van der Waals surface area contributed by atoms with Gasteiger partial charge in [0.05, 0.1) is 13.0 Å². The van der Waals surface area contributed by atoms with Crippen LogP contribution >= 0.6 is 0 Å². The molecule has 1 unspecified atom stereocenters. The molecule has 0 amide bonds. The summed E-state index contributed by atoms with van der Waals surface area (Å²) >= 11 is 0. The van der Waals surface area contributed by atoms with E-state index < -0.39 is 17.9 Å². The van der Waals surface area contributed by atoms with E-state index in [1.165, 1.54) is 14.2 Å². The standard InChI is InChI=1S/C9H14O4.CH5N/c1-6(2)8(10)13-5-7(3)9(11)12-4;1-2/h7H,1,5H2,2-4H3;2H2,1H3. The predicted octanol–water partition coefficient (Wildman–Crippen LogP) is 0.490. The van der Waals surface area contributed by atoms with Gasteiger partial charge in [-0.15, -0.1) is 0 Å². The van der Waals surface area contributed by atoms with Gasteiger partial charge in [-0.2, -0.15) is 0 Å². The Morgan fingerprint density at radius 1 is 1.40 bits per heavy atom. The van der Waals surface area contributed by atoms with Crippen LogP contribution in [-0.4, -0.2) is 32.7 Å². The third-order valence-electron chi connectivity index (χ3n) is 1.42. The highest BCUT2D eigenvalue weighted by Crippen LogP contribution is 2.01. The first-order valence-corrected chi connectivity index (χ1v) is 4.47. The highest BCUT2D eigenvalue weighted by atomic mass is 16.5. The van der Waals surface area contributed by atoms with Crippen LogP contribution in [0.3, 0.4) is 0 Å². The van der Waals surface area contributed by atoms with Gasteiger partial charge in [0, 0.05) is 5.57 Å². The lowest BCUT2D eigenvalue weighted by molar-refractivity contribution is -0.150. The lowest BCUT2D eigenvalue weighted by Crippen LogP contribution is -2.20. The molecule has 0 aromatic carbocycles. The van der Waals surface area contributed by atoms with Gasteiger partial charge >= 0.3 is 11.9 Å². The Morgan fingerprint density at radius 3 is 2.20 bits per heavy atom. The number of ether oxygens (including phenoxy) is 2. The van der Waals surface area contributed by atoms with Gasteiger partial charge in [-0.25, -0.2) is 4.79 Å². The fraction of sp³-hybridized carbons (Fsp3) is 0.600. The van der Waals surface area contributed by atoms with Crippen molar-refractivity contribution in [1.29, 1.82) is 0 Å². The summed E-state index contributed by atoms with van der Waals surface area (Å²) in [5, 5.41) is 0. The van der Waals surface area contributed by atoms with E-state index in [0.717, 1.165) is 0 Å². The second kappa shape index (κ2) is 9.21. The molecule has 0 saturated heterocycles. The molecule has 5 heteroatoms. The van der Waals surface area contributed by atoms with Gasteiger partial charge in [0.25, 0.3) is 0 Å². The Labute approximate surface area is 90.2 Å². The molecule has 0 spiro atoms. The maximum absolute atomic E-state index is 10.9. The molecule has 0 aliphatic rings. The van der Waals surface area contributed by atoms with Crippen molar-refractivity contribution in [2.24, 2.45) is 11.7 Å². The first-order chi connectivity index (χ1) is 6.99. The maximum Gasteiger partial charge on any atom is 0.333 e. The molecule has 0 radical (unpaired) electrons. The fourth-order valence-corrected chi connectivity index (χ4v) is 0.593. The molecule has 0 aliphatic carbocycles. The molecule has 2 N–H and O–H groups in total. The summed E-state index contributed by atoms with van der Waals surface area (Å²) in [6.07, 6.45) is 0. The summed E-state index contributed by atoms with van der Waals surface area (Å²) in [5.74, 6) is -1.32. The number of hydrogen-bond donors (Lipinski definition) is 1. The Balaban J connectivity index is 0. The van der Waals surface area contributed by atoms with E-state index in [2.05, 4.69) is 17.0 Å². The van der Waals surface area contributed by atoms with Crippen LogP contribution in [0, 0.1) is 5.92 Å². The zero-order valence-corrected chi connectivity index (χ0v) is 9.70. The summed E-state index contributed by atoms with van der Waals surface area (Å²) in [6.45, 7) is 6.60. The molecule has 0 aromatic rings. The molecule has 88 valence electrons. The van der Waals surface area contributed by atoms with Crippen molar-refractivity contribution >= 4 is 11.9 Å². The van der Waals surface area contributed by atoms with Crippen LogP contribution in [0.15, 0.2) is 12.2 Å². The number of hydrogen-bond acceptors (Lipinski definition) is 5. The van der Waals surface area contributed by atoms with Crippen molar-refractivity contribution in [2.75, 3.05) is 20.8 Å². The highest BCUT2D eigenvalue weighted by Gasteiger charge is 2.15.